The number of piperidine rings is 1. The number of aliphatic hydroxyl groups is 1. The van der Waals surface area contributed by atoms with Gasteiger partial charge in [-0.05, 0) is 50.9 Å². The molecular formula is C19H31N3O3. The number of rotatable bonds is 6. The van der Waals surface area contributed by atoms with Gasteiger partial charge in [-0.2, -0.15) is 0 Å². The highest BCUT2D eigenvalue weighted by atomic mass is 16.3. The predicted octanol–water partition coefficient (Wildman–Crippen LogP) is 2.66. The van der Waals surface area contributed by atoms with Crippen LogP contribution in [0.15, 0.2) is 22.8 Å². The van der Waals surface area contributed by atoms with Crippen molar-refractivity contribution < 1.29 is 14.3 Å². The van der Waals surface area contributed by atoms with E-state index in [0.717, 1.165) is 44.5 Å². The van der Waals surface area contributed by atoms with Crippen LogP contribution in [-0.4, -0.2) is 48.3 Å². The third-order valence-electron chi connectivity index (χ3n) is 5.62. The molecule has 140 valence electrons. The molecule has 3 rings (SSSR count). The number of furan rings is 1. The minimum Gasteiger partial charge on any atom is -0.468 e. The molecule has 2 aliphatic rings. The maximum absolute atomic E-state index is 12.4. The van der Waals surface area contributed by atoms with E-state index < -0.39 is 0 Å². The van der Waals surface area contributed by atoms with Crippen molar-refractivity contribution in [3.63, 3.8) is 0 Å². The highest BCUT2D eigenvalue weighted by molar-refractivity contribution is 5.74. The number of likely N-dealkylation sites (tertiary alicyclic amines) is 1. The zero-order valence-electron chi connectivity index (χ0n) is 15.0. The highest BCUT2D eigenvalue weighted by Gasteiger charge is 2.28. The molecule has 0 aromatic carbocycles. The van der Waals surface area contributed by atoms with Gasteiger partial charge in [-0.15, -0.1) is 0 Å². The van der Waals surface area contributed by atoms with Gasteiger partial charge in [0, 0.05) is 25.1 Å². The smallest absolute Gasteiger partial charge is 0.315 e. The maximum atomic E-state index is 12.4. The normalized spacial score (nSPS) is 26.1. The van der Waals surface area contributed by atoms with Crippen molar-refractivity contribution in [2.45, 2.75) is 57.0 Å². The lowest BCUT2D eigenvalue weighted by Crippen LogP contribution is -2.49. The third kappa shape index (κ3) is 4.98. The second-order valence-electron chi connectivity index (χ2n) is 7.32. The van der Waals surface area contributed by atoms with Gasteiger partial charge in [-0.1, -0.05) is 19.3 Å². The molecule has 1 aromatic heterocycles. The Morgan fingerprint density at radius 1 is 1.24 bits per heavy atom. The number of nitrogens with zero attached hydrogens (tertiary/aromatic N) is 1. The van der Waals surface area contributed by atoms with E-state index in [2.05, 4.69) is 15.5 Å². The maximum Gasteiger partial charge on any atom is 0.315 e. The van der Waals surface area contributed by atoms with Crippen LogP contribution in [0.25, 0.3) is 0 Å². The van der Waals surface area contributed by atoms with E-state index in [1.165, 1.54) is 19.3 Å². The SMILES string of the molecule is O=C(NCC(c1ccco1)N1CCCCC1)NC1CCCCC1CO. The number of hydrogen-bond donors (Lipinski definition) is 3. The Morgan fingerprint density at radius 3 is 2.76 bits per heavy atom. The molecule has 0 radical (unpaired) electrons. The molecule has 1 aromatic rings. The number of carbonyl (C=O) groups excluding carboxylic acids is 1. The first-order valence-electron chi connectivity index (χ1n) is 9.70. The van der Waals surface area contributed by atoms with Crippen molar-refractivity contribution in [2.75, 3.05) is 26.2 Å². The molecule has 1 aliphatic heterocycles. The molecule has 25 heavy (non-hydrogen) atoms. The summed E-state index contributed by atoms with van der Waals surface area (Å²) in [6, 6.07) is 3.91. The Labute approximate surface area is 150 Å². The van der Waals surface area contributed by atoms with Crippen LogP contribution in [0.3, 0.4) is 0 Å². The van der Waals surface area contributed by atoms with Gasteiger partial charge in [-0.25, -0.2) is 4.79 Å². The number of carbonyl (C=O) groups is 1. The standard InChI is InChI=1S/C19H31N3O3/c23-14-15-7-2-3-8-16(15)21-19(24)20-13-17(18-9-6-12-25-18)22-10-4-1-5-11-22/h6,9,12,15-17,23H,1-5,7-8,10-11,13-14H2,(H2,20,21,24). The zero-order valence-corrected chi connectivity index (χ0v) is 15.0. The van der Waals surface area contributed by atoms with E-state index in [0.29, 0.717) is 6.54 Å². The first-order valence-corrected chi connectivity index (χ1v) is 9.70. The van der Waals surface area contributed by atoms with Crippen LogP contribution in [0.2, 0.25) is 0 Å². The molecule has 3 unspecified atom stereocenters. The van der Waals surface area contributed by atoms with E-state index in [-0.39, 0.29) is 30.6 Å². The fourth-order valence-corrected chi connectivity index (χ4v) is 4.15. The molecule has 6 nitrogen and oxygen atoms in total. The van der Waals surface area contributed by atoms with Gasteiger partial charge in [-0.3, -0.25) is 4.90 Å². The fraction of sp³-hybridized carbons (Fsp3) is 0.737. The quantitative estimate of drug-likeness (QED) is 0.738. The van der Waals surface area contributed by atoms with Crippen LogP contribution in [0.5, 0.6) is 0 Å². The Kier molecular flexibility index (Phi) is 6.76. The second-order valence-corrected chi connectivity index (χ2v) is 7.32. The molecular weight excluding hydrogens is 318 g/mol. The lowest BCUT2D eigenvalue weighted by Gasteiger charge is -2.34. The Morgan fingerprint density at radius 2 is 2.04 bits per heavy atom. The topological polar surface area (TPSA) is 77.7 Å². The molecule has 0 spiro atoms. The molecule has 1 saturated heterocycles. The molecule has 1 saturated carbocycles. The van der Waals surface area contributed by atoms with Crippen molar-refractivity contribution in [1.82, 2.24) is 15.5 Å². The summed E-state index contributed by atoms with van der Waals surface area (Å²) in [5, 5.41) is 15.6. The van der Waals surface area contributed by atoms with Gasteiger partial charge < -0.3 is 20.2 Å². The lowest BCUT2D eigenvalue weighted by atomic mass is 9.85. The largest absolute Gasteiger partial charge is 0.468 e. The molecule has 2 fully saturated rings. The van der Waals surface area contributed by atoms with Gasteiger partial charge >= 0.3 is 6.03 Å². The average molecular weight is 349 g/mol. The van der Waals surface area contributed by atoms with Crippen LogP contribution >= 0.6 is 0 Å². The van der Waals surface area contributed by atoms with Gasteiger partial charge in [0.1, 0.15) is 5.76 Å². The molecule has 1 aliphatic carbocycles. The van der Waals surface area contributed by atoms with E-state index in [4.69, 9.17) is 4.42 Å². The first-order chi connectivity index (χ1) is 12.3. The average Bonchev–Trinajstić information content (AvgIpc) is 3.18. The molecule has 2 heterocycles. The predicted molar refractivity (Wildman–Crippen MR) is 96.2 cm³/mol. The summed E-state index contributed by atoms with van der Waals surface area (Å²) >= 11 is 0. The van der Waals surface area contributed by atoms with Crippen LogP contribution < -0.4 is 10.6 Å². The molecule has 6 heteroatoms. The third-order valence-corrected chi connectivity index (χ3v) is 5.62. The summed E-state index contributed by atoms with van der Waals surface area (Å²) in [4.78, 5) is 14.8. The van der Waals surface area contributed by atoms with Gasteiger partial charge in [0.25, 0.3) is 0 Å². The molecule has 2 amide bonds. The van der Waals surface area contributed by atoms with Gasteiger partial charge in [0.05, 0.1) is 12.3 Å². The summed E-state index contributed by atoms with van der Waals surface area (Å²) < 4.78 is 5.62. The van der Waals surface area contributed by atoms with Gasteiger partial charge in [0.2, 0.25) is 0 Å². The van der Waals surface area contributed by atoms with Crippen molar-refractivity contribution in [3.8, 4) is 0 Å². The number of urea groups is 1. The molecule has 3 N–H and O–H groups in total. The van der Waals surface area contributed by atoms with Gasteiger partial charge in [0.15, 0.2) is 0 Å². The monoisotopic (exact) mass is 349 g/mol. The minimum atomic E-state index is -0.140. The van der Waals surface area contributed by atoms with Crippen molar-refractivity contribution in [1.29, 1.82) is 0 Å². The van der Waals surface area contributed by atoms with E-state index in [9.17, 15) is 9.90 Å². The van der Waals surface area contributed by atoms with Crippen LogP contribution in [0.1, 0.15) is 56.7 Å². The summed E-state index contributed by atoms with van der Waals surface area (Å²) in [5.41, 5.74) is 0. The van der Waals surface area contributed by atoms with E-state index in [1.807, 2.05) is 12.1 Å². The van der Waals surface area contributed by atoms with Crippen molar-refractivity contribution >= 4 is 6.03 Å². The van der Waals surface area contributed by atoms with E-state index >= 15 is 0 Å². The summed E-state index contributed by atoms with van der Waals surface area (Å²) in [6.07, 6.45) is 9.56. The summed E-state index contributed by atoms with van der Waals surface area (Å²) in [5.74, 6) is 1.09. The number of aliphatic hydroxyl groups excluding tert-OH is 1. The molecule has 0 bridgehead atoms. The lowest BCUT2D eigenvalue weighted by molar-refractivity contribution is 0.139. The van der Waals surface area contributed by atoms with Crippen LogP contribution in [-0.2, 0) is 0 Å². The Bertz CT molecular complexity index is 514. The number of nitrogens with one attached hydrogen (secondary N) is 2. The Hall–Kier alpha value is -1.53. The molecule has 3 atom stereocenters. The summed E-state index contributed by atoms with van der Waals surface area (Å²) in [6.45, 7) is 2.78. The Balaban J connectivity index is 1.54. The minimum absolute atomic E-state index is 0.0794. The number of hydrogen-bond acceptors (Lipinski definition) is 4. The van der Waals surface area contributed by atoms with Crippen LogP contribution in [0.4, 0.5) is 4.79 Å². The van der Waals surface area contributed by atoms with Crippen molar-refractivity contribution in [3.05, 3.63) is 24.2 Å². The van der Waals surface area contributed by atoms with Crippen LogP contribution in [0, 0.1) is 5.92 Å². The van der Waals surface area contributed by atoms with Crippen molar-refractivity contribution in [2.24, 2.45) is 5.92 Å². The summed E-state index contributed by atoms with van der Waals surface area (Å²) in [7, 11) is 0. The first kappa shape index (κ1) is 18.3. The fourth-order valence-electron chi connectivity index (χ4n) is 4.15. The second kappa shape index (κ2) is 9.25. The van der Waals surface area contributed by atoms with E-state index in [1.54, 1.807) is 6.26 Å². The zero-order chi connectivity index (χ0) is 17.5. The highest BCUT2D eigenvalue weighted by Crippen LogP contribution is 2.25. The number of amides is 2.